The van der Waals surface area contributed by atoms with Crippen molar-refractivity contribution in [3.05, 3.63) is 42.0 Å². The van der Waals surface area contributed by atoms with Crippen molar-refractivity contribution in [1.29, 1.82) is 0 Å². The number of nitrogens with zero attached hydrogens (tertiary/aromatic N) is 3. The molecule has 1 N–H and O–H groups in total. The van der Waals surface area contributed by atoms with Gasteiger partial charge in [0.15, 0.2) is 0 Å². The number of aromatic nitrogens is 3. The van der Waals surface area contributed by atoms with E-state index >= 15 is 0 Å². The number of benzene rings is 1. The van der Waals surface area contributed by atoms with Crippen LogP contribution in [0.4, 0.5) is 4.39 Å². The van der Waals surface area contributed by atoms with E-state index in [9.17, 15) is 4.39 Å². The molecule has 0 aliphatic heterocycles. The van der Waals surface area contributed by atoms with E-state index in [1.165, 1.54) is 12.1 Å². The molecule has 2 rings (SSSR count). The predicted molar refractivity (Wildman–Crippen MR) is 58.7 cm³/mol. The molecule has 1 aromatic carbocycles. The first-order valence-electron chi connectivity index (χ1n) is 5.17. The van der Waals surface area contributed by atoms with E-state index in [4.69, 9.17) is 0 Å². The summed E-state index contributed by atoms with van der Waals surface area (Å²) >= 11 is 0. The van der Waals surface area contributed by atoms with Crippen molar-refractivity contribution >= 4 is 0 Å². The first kappa shape index (κ1) is 10.8. The molecule has 0 aliphatic rings. The summed E-state index contributed by atoms with van der Waals surface area (Å²) in [5, 5.41) is 11.0. The van der Waals surface area contributed by atoms with E-state index in [-0.39, 0.29) is 5.82 Å². The zero-order chi connectivity index (χ0) is 11.4. The van der Waals surface area contributed by atoms with Crippen LogP contribution in [0.25, 0.3) is 5.69 Å². The average Bonchev–Trinajstić information content (AvgIpc) is 2.74. The Morgan fingerprint density at radius 3 is 3.06 bits per heavy atom. The molecule has 1 aromatic heterocycles. The highest BCUT2D eigenvalue weighted by molar-refractivity contribution is 5.32. The fraction of sp³-hybridized carbons (Fsp3) is 0.273. The minimum absolute atomic E-state index is 0.276. The Hall–Kier alpha value is -1.75. The van der Waals surface area contributed by atoms with Gasteiger partial charge < -0.3 is 5.32 Å². The number of hydrogen-bond acceptors (Lipinski definition) is 3. The summed E-state index contributed by atoms with van der Waals surface area (Å²) in [6.45, 7) is 3.56. The molecule has 2 aromatic rings. The van der Waals surface area contributed by atoms with Crippen LogP contribution in [0.3, 0.4) is 0 Å². The third-order valence-corrected chi connectivity index (χ3v) is 2.23. The van der Waals surface area contributed by atoms with Crippen molar-refractivity contribution in [2.45, 2.75) is 13.5 Å². The van der Waals surface area contributed by atoms with Gasteiger partial charge in [-0.05, 0) is 24.7 Å². The Kier molecular flexibility index (Phi) is 3.26. The normalized spacial score (nSPS) is 10.6. The second kappa shape index (κ2) is 4.85. The van der Waals surface area contributed by atoms with Crippen LogP contribution in [0.2, 0.25) is 0 Å². The Morgan fingerprint density at radius 2 is 2.31 bits per heavy atom. The summed E-state index contributed by atoms with van der Waals surface area (Å²) in [7, 11) is 0. The molecular formula is C11H13FN4. The average molecular weight is 220 g/mol. The molecule has 0 fully saturated rings. The van der Waals surface area contributed by atoms with Gasteiger partial charge in [0.05, 0.1) is 17.6 Å². The van der Waals surface area contributed by atoms with E-state index in [2.05, 4.69) is 15.6 Å². The van der Waals surface area contributed by atoms with Gasteiger partial charge in [-0.3, -0.25) is 0 Å². The Balaban J connectivity index is 2.29. The first-order chi connectivity index (χ1) is 7.81. The summed E-state index contributed by atoms with van der Waals surface area (Å²) in [4.78, 5) is 0. The Labute approximate surface area is 93.1 Å². The van der Waals surface area contributed by atoms with E-state index in [0.29, 0.717) is 12.2 Å². The summed E-state index contributed by atoms with van der Waals surface area (Å²) in [5.41, 5.74) is 1.60. The van der Waals surface area contributed by atoms with Crippen LogP contribution in [0.5, 0.6) is 0 Å². The summed E-state index contributed by atoms with van der Waals surface area (Å²) < 4.78 is 14.7. The minimum atomic E-state index is -0.276. The third-order valence-electron chi connectivity index (χ3n) is 2.23. The monoisotopic (exact) mass is 220 g/mol. The molecule has 0 saturated heterocycles. The van der Waals surface area contributed by atoms with Crippen molar-refractivity contribution in [1.82, 2.24) is 20.3 Å². The second-order valence-electron chi connectivity index (χ2n) is 3.40. The summed E-state index contributed by atoms with van der Waals surface area (Å²) in [5.74, 6) is -0.276. The molecule has 0 unspecified atom stereocenters. The smallest absolute Gasteiger partial charge is 0.125 e. The van der Waals surface area contributed by atoms with Crippen LogP contribution < -0.4 is 5.32 Å². The quantitative estimate of drug-likeness (QED) is 0.849. The van der Waals surface area contributed by atoms with Crippen molar-refractivity contribution in [2.24, 2.45) is 0 Å². The lowest BCUT2D eigenvalue weighted by Crippen LogP contribution is -2.15. The fourth-order valence-electron chi connectivity index (χ4n) is 1.46. The number of nitrogens with one attached hydrogen (secondary N) is 1. The van der Waals surface area contributed by atoms with Crippen LogP contribution in [0.1, 0.15) is 12.6 Å². The molecule has 84 valence electrons. The van der Waals surface area contributed by atoms with Gasteiger partial charge in [0.25, 0.3) is 0 Å². The van der Waals surface area contributed by atoms with Gasteiger partial charge in [-0.2, -0.15) is 0 Å². The second-order valence-corrected chi connectivity index (χ2v) is 3.40. The molecule has 16 heavy (non-hydrogen) atoms. The SMILES string of the molecule is CCNCc1cnnn1-c1cccc(F)c1. The zero-order valence-corrected chi connectivity index (χ0v) is 9.02. The van der Waals surface area contributed by atoms with Gasteiger partial charge in [-0.15, -0.1) is 5.10 Å². The van der Waals surface area contributed by atoms with Gasteiger partial charge in [0.1, 0.15) is 5.82 Å². The third kappa shape index (κ3) is 2.25. The maximum Gasteiger partial charge on any atom is 0.125 e. The molecule has 0 saturated carbocycles. The maximum atomic E-state index is 13.1. The van der Waals surface area contributed by atoms with Gasteiger partial charge in [0.2, 0.25) is 0 Å². The van der Waals surface area contributed by atoms with Gasteiger partial charge in [-0.25, -0.2) is 9.07 Å². The molecule has 1 heterocycles. The van der Waals surface area contributed by atoms with Crippen LogP contribution >= 0.6 is 0 Å². The topological polar surface area (TPSA) is 42.7 Å². The van der Waals surface area contributed by atoms with Gasteiger partial charge >= 0.3 is 0 Å². The first-order valence-corrected chi connectivity index (χ1v) is 5.17. The van der Waals surface area contributed by atoms with Crippen molar-refractivity contribution < 1.29 is 4.39 Å². The van der Waals surface area contributed by atoms with E-state index in [1.54, 1.807) is 23.0 Å². The van der Waals surface area contributed by atoms with Crippen LogP contribution in [0.15, 0.2) is 30.5 Å². The number of halogens is 1. The fourth-order valence-corrected chi connectivity index (χ4v) is 1.46. The van der Waals surface area contributed by atoms with Crippen molar-refractivity contribution in [3.63, 3.8) is 0 Å². The Bertz CT molecular complexity index is 467. The molecule has 0 atom stereocenters. The highest BCUT2D eigenvalue weighted by Gasteiger charge is 2.05. The van der Waals surface area contributed by atoms with Crippen LogP contribution in [-0.4, -0.2) is 21.5 Å². The molecular weight excluding hydrogens is 207 g/mol. The molecule has 4 nitrogen and oxygen atoms in total. The molecule has 0 radical (unpaired) electrons. The highest BCUT2D eigenvalue weighted by atomic mass is 19.1. The Morgan fingerprint density at radius 1 is 1.44 bits per heavy atom. The van der Waals surface area contributed by atoms with Crippen molar-refractivity contribution in [3.8, 4) is 5.69 Å². The van der Waals surface area contributed by atoms with Crippen LogP contribution in [0, 0.1) is 5.82 Å². The molecule has 0 spiro atoms. The summed E-state index contributed by atoms with van der Waals surface area (Å²) in [6.07, 6.45) is 1.67. The van der Waals surface area contributed by atoms with Crippen LogP contribution in [-0.2, 0) is 6.54 Å². The lowest BCUT2D eigenvalue weighted by atomic mass is 10.3. The molecule has 0 aliphatic carbocycles. The number of rotatable bonds is 4. The summed E-state index contributed by atoms with van der Waals surface area (Å²) in [6, 6.07) is 6.30. The lowest BCUT2D eigenvalue weighted by molar-refractivity contribution is 0.621. The molecule has 5 heteroatoms. The lowest BCUT2D eigenvalue weighted by Gasteiger charge is -2.06. The molecule has 0 bridgehead atoms. The van der Waals surface area contributed by atoms with Gasteiger partial charge in [0, 0.05) is 6.54 Å². The van der Waals surface area contributed by atoms with Gasteiger partial charge in [-0.1, -0.05) is 18.2 Å². The highest BCUT2D eigenvalue weighted by Crippen LogP contribution is 2.10. The largest absolute Gasteiger partial charge is 0.311 e. The van der Waals surface area contributed by atoms with E-state index < -0.39 is 0 Å². The zero-order valence-electron chi connectivity index (χ0n) is 9.02. The van der Waals surface area contributed by atoms with Crippen molar-refractivity contribution in [2.75, 3.05) is 6.54 Å². The standard InChI is InChI=1S/C11H13FN4/c1-2-13-7-11-8-14-15-16(11)10-5-3-4-9(12)6-10/h3-6,8,13H,2,7H2,1H3. The van der Waals surface area contributed by atoms with E-state index in [1.807, 2.05) is 6.92 Å². The van der Waals surface area contributed by atoms with E-state index in [0.717, 1.165) is 12.2 Å². The number of hydrogen-bond donors (Lipinski definition) is 1. The molecule has 0 amide bonds. The maximum absolute atomic E-state index is 13.1. The predicted octanol–water partition coefficient (Wildman–Crippen LogP) is 1.52. The minimum Gasteiger partial charge on any atom is -0.311 e.